The average molecular weight is 287 g/mol. The largest absolute Gasteiger partial charge is 0.443 e. The number of carbonyl (C=O) groups excluding carboxylic acids is 2. The highest BCUT2D eigenvalue weighted by Crippen LogP contribution is 2.15. The number of rotatable bonds is 2. The summed E-state index contributed by atoms with van der Waals surface area (Å²) in [5.74, 6) is 0.148. The molecule has 1 saturated heterocycles. The van der Waals surface area contributed by atoms with Crippen LogP contribution in [0.1, 0.15) is 12.5 Å². The Morgan fingerprint density at radius 2 is 1.90 bits per heavy atom. The number of hydrogen-bond acceptors (Lipinski definition) is 4. The van der Waals surface area contributed by atoms with Gasteiger partial charge in [0.2, 0.25) is 11.8 Å². The average Bonchev–Trinajstić information content (AvgIpc) is 2.95. The number of carbonyl (C=O) groups is 2. The summed E-state index contributed by atoms with van der Waals surface area (Å²) in [6.07, 6.45) is 1.74. The molecule has 1 aliphatic rings. The molecule has 2 amide bonds. The van der Waals surface area contributed by atoms with E-state index in [1.165, 1.54) is 6.39 Å². The van der Waals surface area contributed by atoms with Gasteiger partial charge in [-0.3, -0.25) is 9.59 Å². The second-order valence-electron chi connectivity index (χ2n) is 5.22. The van der Waals surface area contributed by atoms with Crippen LogP contribution in [0.25, 0.3) is 11.1 Å². The number of fused-ring (bicyclic) bond motifs is 1. The molecule has 21 heavy (non-hydrogen) atoms. The first-order valence-corrected chi connectivity index (χ1v) is 6.99. The highest BCUT2D eigenvalue weighted by Gasteiger charge is 2.22. The summed E-state index contributed by atoms with van der Waals surface area (Å²) in [7, 11) is 0. The van der Waals surface area contributed by atoms with Gasteiger partial charge in [-0.1, -0.05) is 6.07 Å². The molecular weight excluding hydrogens is 270 g/mol. The molecule has 6 heteroatoms. The van der Waals surface area contributed by atoms with E-state index in [0.717, 1.165) is 11.1 Å². The van der Waals surface area contributed by atoms with Crippen LogP contribution in [0, 0.1) is 0 Å². The van der Waals surface area contributed by atoms with Crippen LogP contribution in [0.2, 0.25) is 0 Å². The van der Waals surface area contributed by atoms with Gasteiger partial charge in [0.25, 0.3) is 0 Å². The lowest BCUT2D eigenvalue weighted by molar-refractivity contribution is -0.138. The zero-order valence-corrected chi connectivity index (χ0v) is 11.9. The minimum Gasteiger partial charge on any atom is -0.443 e. The Labute approximate surface area is 122 Å². The van der Waals surface area contributed by atoms with E-state index in [1.807, 2.05) is 23.1 Å². The van der Waals surface area contributed by atoms with Crippen molar-refractivity contribution in [2.24, 2.45) is 0 Å². The summed E-state index contributed by atoms with van der Waals surface area (Å²) < 4.78 is 5.25. The van der Waals surface area contributed by atoms with Gasteiger partial charge in [-0.2, -0.15) is 0 Å². The second-order valence-corrected chi connectivity index (χ2v) is 5.22. The van der Waals surface area contributed by atoms with Crippen LogP contribution in [0.5, 0.6) is 0 Å². The van der Waals surface area contributed by atoms with Crippen molar-refractivity contribution in [3.63, 3.8) is 0 Å². The Balaban J connectivity index is 1.62. The zero-order chi connectivity index (χ0) is 14.8. The van der Waals surface area contributed by atoms with E-state index >= 15 is 0 Å². The molecule has 1 fully saturated rings. The number of hydrogen-bond donors (Lipinski definition) is 0. The van der Waals surface area contributed by atoms with Crippen molar-refractivity contribution in [3.8, 4) is 0 Å². The first kappa shape index (κ1) is 13.6. The molecule has 110 valence electrons. The molecular formula is C15H17N3O3. The number of benzene rings is 1. The molecule has 0 radical (unpaired) electrons. The molecule has 2 heterocycles. The van der Waals surface area contributed by atoms with E-state index in [-0.39, 0.29) is 11.8 Å². The van der Waals surface area contributed by atoms with Gasteiger partial charge < -0.3 is 14.2 Å². The lowest BCUT2D eigenvalue weighted by Gasteiger charge is -2.34. The van der Waals surface area contributed by atoms with E-state index < -0.39 is 0 Å². The molecule has 0 spiro atoms. The maximum Gasteiger partial charge on any atom is 0.227 e. The van der Waals surface area contributed by atoms with Crippen LogP contribution in [0.3, 0.4) is 0 Å². The molecule has 0 aliphatic carbocycles. The SMILES string of the molecule is CC(=O)N1CCN(C(=O)Cc2ccc3ncoc3c2)CC1. The summed E-state index contributed by atoms with van der Waals surface area (Å²) in [5.41, 5.74) is 2.40. The van der Waals surface area contributed by atoms with Gasteiger partial charge >= 0.3 is 0 Å². The monoisotopic (exact) mass is 287 g/mol. The highest BCUT2D eigenvalue weighted by atomic mass is 16.3. The standard InChI is InChI=1S/C15H17N3O3/c1-11(19)17-4-6-18(7-5-17)15(20)9-12-2-3-13-14(8-12)21-10-16-13/h2-3,8,10H,4-7,9H2,1H3. The van der Waals surface area contributed by atoms with E-state index in [1.54, 1.807) is 11.8 Å². The van der Waals surface area contributed by atoms with Crippen molar-refractivity contribution in [2.75, 3.05) is 26.2 Å². The van der Waals surface area contributed by atoms with Crippen LogP contribution in [0.15, 0.2) is 29.0 Å². The minimum absolute atomic E-state index is 0.0675. The smallest absolute Gasteiger partial charge is 0.227 e. The van der Waals surface area contributed by atoms with Gasteiger partial charge in [0, 0.05) is 33.1 Å². The molecule has 6 nitrogen and oxygen atoms in total. The van der Waals surface area contributed by atoms with Gasteiger partial charge in [-0.05, 0) is 17.7 Å². The van der Waals surface area contributed by atoms with E-state index in [2.05, 4.69) is 4.98 Å². The molecule has 1 aliphatic heterocycles. The molecule has 3 rings (SSSR count). The van der Waals surface area contributed by atoms with Crippen LogP contribution in [0.4, 0.5) is 0 Å². The van der Waals surface area contributed by atoms with Crippen molar-refractivity contribution in [2.45, 2.75) is 13.3 Å². The first-order valence-electron chi connectivity index (χ1n) is 6.99. The number of nitrogens with zero attached hydrogens (tertiary/aromatic N) is 3. The van der Waals surface area contributed by atoms with E-state index in [4.69, 9.17) is 4.42 Å². The van der Waals surface area contributed by atoms with Crippen LogP contribution < -0.4 is 0 Å². The molecule has 0 atom stereocenters. The summed E-state index contributed by atoms with van der Waals surface area (Å²) >= 11 is 0. The summed E-state index contributed by atoms with van der Waals surface area (Å²) in [6, 6.07) is 5.61. The number of aromatic nitrogens is 1. The van der Waals surface area contributed by atoms with E-state index in [9.17, 15) is 9.59 Å². The van der Waals surface area contributed by atoms with Crippen LogP contribution in [-0.4, -0.2) is 52.8 Å². The molecule has 1 aromatic heterocycles. The number of amides is 2. The third kappa shape index (κ3) is 2.89. The predicted molar refractivity (Wildman–Crippen MR) is 76.5 cm³/mol. The molecule has 0 N–H and O–H groups in total. The van der Waals surface area contributed by atoms with Gasteiger partial charge in [0.15, 0.2) is 12.0 Å². The zero-order valence-electron chi connectivity index (χ0n) is 11.9. The molecule has 1 aromatic carbocycles. The Morgan fingerprint density at radius 3 is 2.62 bits per heavy atom. The minimum atomic E-state index is 0.0675. The van der Waals surface area contributed by atoms with Crippen molar-refractivity contribution >= 4 is 22.9 Å². The van der Waals surface area contributed by atoms with Gasteiger partial charge in [0.1, 0.15) is 5.52 Å². The Kier molecular flexibility index (Phi) is 3.60. The lowest BCUT2D eigenvalue weighted by atomic mass is 10.1. The van der Waals surface area contributed by atoms with Crippen LogP contribution in [-0.2, 0) is 16.0 Å². The fraction of sp³-hybridized carbons (Fsp3) is 0.400. The third-order valence-electron chi connectivity index (χ3n) is 3.83. The Bertz CT molecular complexity index is 672. The summed E-state index contributed by atoms with van der Waals surface area (Å²) in [5, 5.41) is 0. The van der Waals surface area contributed by atoms with Crippen molar-refractivity contribution in [3.05, 3.63) is 30.2 Å². The summed E-state index contributed by atoms with van der Waals surface area (Å²) in [6.45, 7) is 3.99. The number of oxazole rings is 1. The summed E-state index contributed by atoms with van der Waals surface area (Å²) in [4.78, 5) is 31.2. The first-order chi connectivity index (χ1) is 10.1. The quantitative estimate of drug-likeness (QED) is 0.828. The van der Waals surface area contributed by atoms with Crippen molar-refractivity contribution in [1.82, 2.24) is 14.8 Å². The third-order valence-corrected chi connectivity index (χ3v) is 3.83. The Hall–Kier alpha value is -2.37. The fourth-order valence-corrected chi connectivity index (χ4v) is 2.57. The predicted octanol–water partition coefficient (Wildman–Crippen LogP) is 1.06. The lowest BCUT2D eigenvalue weighted by Crippen LogP contribution is -2.50. The fourth-order valence-electron chi connectivity index (χ4n) is 2.57. The van der Waals surface area contributed by atoms with E-state index in [0.29, 0.717) is 38.2 Å². The Morgan fingerprint density at radius 1 is 1.19 bits per heavy atom. The number of piperazine rings is 1. The van der Waals surface area contributed by atoms with Crippen molar-refractivity contribution < 1.29 is 14.0 Å². The topological polar surface area (TPSA) is 66.7 Å². The molecule has 0 unspecified atom stereocenters. The second kappa shape index (κ2) is 5.55. The van der Waals surface area contributed by atoms with Gasteiger partial charge in [0.05, 0.1) is 6.42 Å². The van der Waals surface area contributed by atoms with Crippen LogP contribution >= 0.6 is 0 Å². The van der Waals surface area contributed by atoms with Gasteiger partial charge in [-0.15, -0.1) is 0 Å². The maximum absolute atomic E-state index is 12.3. The molecule has 0 saturated carbocycles. The highest BCUT2D eigenvalue weighted by molar-refractivity contribution is 5.81. The maximum atomic E-state index is 12.3. The molecule has 0 bridgehead atoms. The van der Waals surface area contributed by atoms with Gasteiger partial charge in [-0.25, -0.2) is 4.98 Å². The van der Waals surface area contributed by atoms with Crippen molar-refractivity contribution in [1.29, 1.82) is 0 Å². The molecule has 2 aromatic rings. The normalized spacial score (nSPS) is 15.5.